The zero-order chi connectivity index (χ0) is 10.6. The molecular weight excluding hydrogens is 176 g/mol. The molecule has 0 radical (unpaired) electrons. The molecule has 1 amide bonds. The molecule has 3 nitrogen and oxygen atoms in total. The quantitative estimate of drug-likeness (QED) is 0.681. The summed E-state index contributed by atoms with van der Waals surface area (Å²) in [5.41, 5.74) is 1.03. The van der Waals surface area contributed by atoms with Crippen molar-refractivity contribution in [3.8, 4) is 0 Å². The fourth-order valence-corrected chi connectivity index (χ4v) is 1.78. The van der Waals surface area contributed by atoms with Gasteiger partial charge in [0.1, 0.15) is 0 Å². The number of hydrogen-bond donors (Lipinski definition) is 1. The number of hydrogen-bond acceptors (Lipinski definition) is 2. The average molecular weight is 196 g/mol. The van der Waals surface area contributed by atoms with Crippen LogP contribution in [0.15, 0.2) is 12.2 Å². The maximum absolute atomic E-state index is 11.7. The molecule has 1 rings (SSSR count). The summed E-state index contributed by atoms with van der Waals surface area (Å²) in [4.78, 5) is 13.5. The molecule has 1 unspecified atom stereocenters. The zero-order valence-corrected chi connectivity index (χ0v) is 9.18. The fourth-order valence-electron chi connectivity index (χ4n) is 1.78. The van der Waals surface area contributed by atoms with E-state index in [0.29, 0.717) is 18.9 Å². The van der Waals surface area contributed by atoms with Crippen LogP contribution in [0.2, 0.25) is 0 Å². The number of nitrogens with zero attached hydrogens (tertiary/aromatic N) is 1. The minimum atomic E-state index is 0.238. The van der Waals surface area contributed by atoms with E-state index in [1.165, 1.54) is 0 Å². The first-order chi connectivity index (χ1) is 6.59. The van der Waals surface area contributed by atoms with E-state index in [-0.39, 0.29) is 5.91 Å². The van der Waals surface area contributed by atoms with Crippen LogP contribution >= 0.6 is 0 Å². The molecule has 1 fully saturated rings. The summed E-state index contributed by atoms with van der Waals surface area (Å²) in [6.45, 7) is 8.48. The Labute approximate surface area is 86.2 Å². The molecule has 80 valence electrons. The molecule has 1 aliphatic rings. The van der Waals surface area contributed by atoms with Crippen LogP contribution in [0.25, 0.3) is 0 Å². The van der Waals surface area contributed by atoms with Crippen LogP contribution in [0.1, 0.15) is 19.8 Å². The van der Waals surface area contributed by atoms with Gasteiger partial charge in [0.15, 0.2) is 0 Å². The molecule has 0 aromatic rings. The fraction of sp³-hybridized carbons (Fsp3) is 0.727. The van der Waals surface area contributed by atoms with Gasteiger partial charge in [-0.25, -0.2) is 0 Å². The van der Waals surface area contributed by atoms with Crippen LogP contribution in [-0.4, -0.2) is 37.5 Å². The molecule has 1 saturated heterocycles. The van der Waals surface area contributed by atoms with Crippen molar-refractivity contribution < 1.29 is 4.79 Å². The van der Waals surface area contributed by atoms with Crippen molar-refractivity contribution in [3.05, 3.63) is 12.2 Å². The van der Waals surface area contributed by atoms with Crippen molar-refractivity contribution in [2.24, 2.45) is 5.92 Å². The van der Waals surface area contributed by atoms with Gasteiger partial charge in [0.2, 0.25) is 5.91 Å². The maximum Gasteiger partial charge on any atom is 0.222 e. The second kappa shape index (κ2) is 5.15. The maximum atomic E-state index is 11.7. The third-order valence-electron chi connectivity index (χ3n) is 2.56. The summed E-state index contributed by atoms with van der Waals surface area (Å²) in [5.74, 6) is 0.775. The topological polar surface area (TPSA) is 32.3 Å². The second-order valence-electron chi connectivity index (χ2n) is 4.27. The summed E-state index contributed by atoms with van der Waals surface area (Å²) >= 11 is 0. The van der Waals surface area contributed by atoms with Gasteiger partial charge in [-0.3, -0.25) is 4.79 Å². The van der Waals surface area contributed by atoms with Gasteiger partial charge < -0.3 is 10.2 Å². The van der Waals surface area contributed by atoms with Crippen molar-refractivity contribution in [3.63, 3.8) is 0 Å². The first kappa shape index (κ1) is 11.2. The Morgan fingerprint density at radius 3 is 2.86 bits per heavy atom. The molecule has 0 saturated carbocycles. The van der Waals surface area contributed by atoms with Crippen LogP contribution in [0.4, 0.5) is 0 Å². The molecule has 14 heavy (non-hydrogen) atoms. The molecule has 3 heteroatoms. The Hall–Kier alpha value is -0.830. The van der Waals surface area contributed by atoms with Crippen LogP contribution in [-0.2, 0) is 4.79 Å². The number of amides is 1. The van der Waals surface area contributed by atoms with Gasteiger partial charge in [0, 0.05) is 20.0 Å². The van der Waals surface area contributed by atoms with E-state index in [4.69, 9.17) is 0 Å². The van der Waals surface area contributed by atoms with Crippen molar-refractivity contribution in [1.29, 1.82) is 0 Å². The van der Waals surface area contributed by atoms with E-state index in [9.17, 15) is 4.79 Å². The van der Waals surface area contributed by atoms with Gasteiger partial charge in [0.05, 0.1) is 0 Å². The minimum Gasteiger partial charge on any atom is -0.342 e. The van der Waals surface area contributed by atoms with Gasteiger partial charge in [-0.1, -0.05) is 12.2 Å². The predicted molar refractivity (Wildman–Crippen MR) is 58.0 cm³/mol. The summed E-state index contributed by atoms with van der Waals surface area (Å²) in [5, 5.41) is 3.27. The molecule has 1 atom stereocenters. The highest BCUT2D eigenvalue weighted by atomic mass is 16.2. The number of carbonyl (C=O) groups is 1. The lowest BCUT2D eigenvalue weighted by Crippen LogP contribution is -2.30. The predicted octanol–water partition coefficient (Wildman–Crippen LogP) is 1.02. The summed E-state index contributed by atoms with van der Waals surface area (Å²) in [6, 6.07) is 0. The van der Waals surface area contributed by atoms with Crippen molar-refractivity contribution in [1.82, 2.24) is 10.2 Å². The SMILES string of the molecule is C=C(C)CN(C)C(=O)CC1CCNC1. The van der Waals surface area contributed by atoms with Crippen LogP contribution < -0.4 is 5.32 Å². The summed E-state index contributed by atoms with van der Waals surface area (Å²) in [7, 11) is 1.85. The van der Waals surface area contributed by atoms with Crippen LogP contribution in [0, 0.1) is 5.92 Å². The summed E-state index contributed by atoms with van der Waals surface area (Å²) in [6.07, 6.45) is 1.81. The smallest absolute Gasteiger partial charge is 0.222 e. The monoisotopic (exact) mass is 196 g/mol. The number of nitrogens with one attached hydrogen (secondary N) is 1. The molecular formula is C11H20N2O. The zero-order valence-electron chi connectivity index (χ0n) is 9.18. The highest BCUT2D eigenvalue weighted by molar-refractivity contribution is 5.76. The Morgan fingerprint density at radius 1 is 1.64 bits per heavy atom. The highest BCUT2D eigenvalue weighted by Crippen LogP contribution is 2.13. The molecule has 0 aliphatic carbocycles. The molecule has 1 N–H and O–H groups in total. The van der Waals surface area contributed by atoms with Crippen molar-refractivity contribution in [2.75, 3.05) is 26.7 Å². The van der Waals surface area contributed by atoms with E-state index in [1.54, 1.807) is 4.90 Å². The standard InChI is InChI=1S/C11H20N2O/c1-9(2)8-13(3)11(14)6-10-4-5-12-7-10/h10,12H,1,4-8H2,2-3H3. The van der Waals surface area contributed by atoms with E-state index >= 15 is 0 Å². The summed E-state index contributed by atoms with van der Waals surface area (Å²) < 4.78 is 0. The lowest BCUT2D eigenvalue weighted by atomic mass is 10.0. The van der Waals surface area contributed by atoms with Crippen LogP contribution in [0.5, 0.6) is 0 Å². The third-order valence-corrected chi connectivity index (χ3v) is 2.56. The first-order valence-electron chi connectivity index (χ1n) is 5.18. The lowest BCUT2D eigenvalue weighted by Gasteiger charge is -2.18. The number of likely N-dealkylation sites (N-methyl/N-ethyl adjacent to an activating group) is 1. The Bertz CT molecular complexity index is 219. The van der Waals surface area contributed by atoms with Gasteiger partial charge in [0.25, 0.3) is 0 Å². The van der Waals surface area contributed by atoms with E-state index in [1.807, 2.05) is 14.0 Å². The van der Waals surface area contributed by atoms with Gasteiger partial charge in [-0.05, 0) is 32.4 Å². The van der Waals surface area contributed by atoms with E-state index in [2.05, 4.69) is 11.9 Å². The van der Waals surface area contributed by atoms with Gasteiger partial charge in [-0.2, -0.15) is 0 Å². The molecule has 1 heterocycles. The normalized spacial score (nSPS) is 20.9. The largest absolute Gasteiger partial charge is 0.342 e. The van der Waals surface area contributed by atoms with Gasteiger partial charge in [-0.15, -0.1) is 0 Å². The Balaban J connectivity index is 2.29. The first-order valence-corrected chi connectivity index (χ1v) is 5.18. The van der Waals surface area contributed by atoms with Gasteiger partial charge >= 0.3 is 0 Å². The highest BCUT2D eigenvalue weighted by Gasteiger charge is 2.19. The number of carbonyl (C=O) groups excluding carboxylic acids is 1. The van der Waals surface area contributed by atoms with Crippen molar-refractivity contribution >= 4 is 5.91 Å². The molecule has 0 spiro atoms. The van der Waals surface area contributed by atoms with E-state index < -0.39 is 0 Å². The molecule has 0 aromatic heterocycles. The molecule has 0 aromatic carbocycles. The minimum absolute atomic E-state index is 0.238. The Kier molecular flexibility index (Phi) is 4.14. The van der Waals surface area contributed by atoms with Crippen molar-refractivity contribution in [2.45, 2.75) is 19.8 Å². The second-order valence-corrected chi connectivity index (χ2v) is 4.27. The average Bonchev–Trinajstić information content (AvgIpc) is 2.55. The molecule has 0 bridgehead atoms. The third kappa shape index (κ3) is 3.50. The number of rotatable bonds is 4. The van der Waals surface area contributed by atoms with Crippen LogP contribution in [0.3, 0.4) is 0 Å². The van der Waals surface area contributed by atoms with E-state index in [0.717, 1.165) is 25.1 Å². The molecule has 1 aliphatic heterocycles. The Morgan fingerprint density at radius 2 is 2.36 bits per heavy atom. The lowest BCUT2D eigenvalue weighted by molar-refractivity contribution is -0.130.